The van der Waals surface area contributed by atoms with Gasteiger partial charge in [-0.2, -0.15) is 0 Å². The van der Waals surface area contributed by atoms with Gasteiger partial charge in [-0.3, -0.25) is 14.9 Å². The third-order valence-electron chi connectivity index (χ3n) is 4.05. The summed E-state index contributed by atoms with van der Waals surface area (Å²) in [5.74, 6) is -1.06. The standard InChI is InChI=1S/C13H17FN4O3/c1-16-13(12(15)19)4-6-17(7-5-13)11-3-2-9(18(20)21)8-10(11)14/h2-3,8,16H,4-7H2,1H3,(H2,15,19). The van der Waals surface area contributed by atoms with Crippen LogP contribution < -0.4 is 16.0 Å². The number of anilines is 1. The Kier molecular flexibility index (Phi) is 4.08. The number of nitrogens with two attached hydrogens (primary N) is 1. The molecule has 0 aliphatic carbocycles. The SMILES string of the molecule is CNC1(C(N)=O)CCN(c2ccc([N+](=O)[O-])cc2F)CC1. The third-order valence-corrected chi connectivity index (χ3v) is 4.05. The lowest BCUT2D eigenvalue weighted by atomic mass is 9.86. The van der Waals surface area contributed by atoms with E-state index in [2.05, 4.69) is 5.32 Å². The lowest BCUT2D eigenvalue weighted by Crippen LogP contribution is -2.59. The summed E-state index contributed by atoms with van der Waals surface area (Å²) in [5.41, 5.74) is 4.66. The van der Waals surface area contributed by atoms with Crippen molar-refractivity contribution in [3.63, 3.8) is 0 Å². The molecule has 3 N–H and O–H groups in total. The first-order chi connectivity index (χ1) is 9.89. The number of nitro groups is 1. The van der Waals surface area contributed by atoms with E-state index in [1.807, 2.05) is 0 Å². The maximum atomic E-state index is 14.0. The number of benzene rings is 1. The van der Waals surface area contributed by atoms with Gasteiger partial charge in [-0.05, 0) is 26.0 Å². The number of nitrogens with one attached hydrogen (secondary N) is 1. The fraction of sp³-hybridized carbons (Fsp3) is 0.462. The minimum atomic E-state index is -0.770. The molecule has 0 unspecified atom stereocenters. The zero-order chi connectivity index (χ0) is 15.6. The molecule has 1 saturated heterocycles. The van der Waals surface area contributed by atoms with Gasteiger partial charge in [0, 0.05) is 19.2 Å². The maximum Gasteiger partial charge on any atom is 0.272 e. The second-order valence-corrected chi connectivity index (χ2v) is 5.08. The number of halogens is 1. The molecule has 0 radical (unpaired) electrons. The molecule has 1 amide bonds. The molecule has 0 saturated carbocycles. The number of nitrogens with zero attached hydrogens (tertiary/aromatic N) is 2. The quantitative estimate of drug-likeness (QED) is 0.631. The van der Waals surface area contributed by atoms with E-state index < -0.39 is 22.2 Å². The minimum Gasteiger partial charge on any atom is -0.369 e. The van der Waals surface area contributed by atoms with Gasteiger partial charge in [0.15, 0.2) is 5.82 Å². The van der Waals surface area contributed by atoms with Crippen molar-refractivity contribution in [3.8, 4) is 0 Å². The zero-order valence-corrected chi connectivity index (χ0v) is 11.6. The largest absolute Gasteiger partial charge is 0.369 e. The van der Waals surface area contributed by atoms with Crippen LogP contribution in [0.4, 0.5) is 15.8 Å². The Morgan fingerprint density at radius 1 is 1.48 bits per heavy atom. The molecule has 1 aliphatic heterocycles. The molecule has 21 heavy (non-hydrogen) atoms. The number of hydrogen-bond donors (Lipinski definition) is 2. The molecule has 0 aromatic heterocycles. The molecule has 8 heteroatoms. The van der Waals surface area contributed by atoms with Crippen LogP contribution in [0, 0.1) is 15.9 Å². The number of non-ortho nitro benzene ring substituents is 1. The molecular weight excluding hydrogens is 279 g/mol. The molecular formula is C13H17FN4O3. The van der Waals surface area contributed by atoms with Gasteiger partial charge in [-0.15, -0.1) is 0 Å². The number of nitro benzene ring substituents is 1. The molecule has 0 spiro atoms. The van der Waals surface area contributed by atoms with Gasteiger partial charge in [0.2, 0.25) is 5.91 Å². The Balaban J connectivity index is 2.16. The van der Waals surface area contributed by atoms with Crippen LogP contribution in [-0.4, -0.2) is 36.5 Å². The Morgan fingerprint density at radius 3 is 2.52 bits per heavy atom. The number of likely N-dealkylation sites (N-methyl/N-ethyl adjacent to an activating group) is 1. The lowest BCUT2D eigenvalue weighted by molar-refractivity contribution is -0.385. The molecule has 2 rings (SSSR count). The Hall–Kier alpha value is -2.22. The van der Waals surface area contributed by atoms with Crippen molar-refractivity contribution >= 4 is 17.3 Å². The first-order valence-electron chi connectivity index (χ1n) is 6.57. The van der Waals surface area contributed by atoms with Crippen LogP contribution in [0.5, 0.6) is 0 Å². The summed E-state index contributed by atoms with van der Waals surface area (Å²) in [6.45, 7) is 0.886. The first kappa shape index (κ1) is 15.2. The summed E-state index contributed by atoms with van der Waals surface area (Å²) in [7, 11) is 1.67. The number of primary amides is 1. The van der Waals surface area contributed by atoms with Crippen molar-refractivity contribution in [2.24, 2.45) is 5.73 Å². The van der Waals surface area contributed by atoms with Crippen LogP contribution in [0.3, 0.4) is 0 Å². The van der Waals surface area contributed by atoms with Crippen LogP contribution in [-0.2, 0) is 4.79 Å². The van der Waals surface area contributed by atoms with Gasteiger partial charge < -0.3 is 16.0 Å². The molecule has 114 valence electrons. The van der Waals surface area contributed by atoms with E-state index in [-0.39, 0.29) is 5.69 Å². The molecule has 1 aliphatic rings. The van der Waals surface area contributed by atoms with E-state index in [0.717, 1.165) is 6.07 Å². The van der Waals surface area contributed by atoms with Gasteiger partial charge in [0.05, 0.1) is 16.7 Å². The normalized spacial score (nSPS) is 17.5. The number of rotatable bonds is 4. The van der Waals surface area contributed by atoms with Crippen LogP contribution in [0.25, 0.3) is 0 Å². The highest BCUT2D eigenvalue weighted by molar-refractivity contribution is 5.85. The van der Waals surface area contributed by atoms with Crippen molar-refractivity contribution in [1.82, 2.24) is 5.32 Å². The highest BCUT2D eigenvalue weighted by Crippen LogP contribution is 2.29. The summed E-state index contributed by atoms with van der Waals surface area (Å²) in [4.78, 5) is 23.3. The van der Waals surface area contributed by atoms with Gasteiger partial charge in [0.1, 0.15) is 5.54 Å². The van der Waals surface area contributed by atoms with E-state index in [1.165, 1.54) is 12.1 Å². The minimum absolute atomic E-state index is 0.282. The van der Waals surface area contributed by atoms with Crippen LogP contribution in [0.1, 0.15) is 12.8 Å². The summed E-state index contributed by atoms with van der Waals surface area (Å²) in [6, 6.07) is 3.57. The fourth-order valence-electron chi connectivity index (χ4n) is 2.61. The highest BCUT2D eigenvalue weighted by Gasteiger charge is 2.38. The molecule has 1 aromatic rings. The smallest absolute Gasteiger partial charge is 0.272 e. The van der Waals surface area contributed by atoms with Crippen molar-refractivity contribution in [2.45, 2.75) is 18.4 Å². The number of carbonyl (C=O) groups is 1. The second-order valence-electron chi connectivity index (χ2n) is 5.08. The summed E-state index contributed by atoms with van der Waals surface area (Å²) < 4.78 is 14.0. The summed E-state index contributed by atoms with van der Waals surface area (Å²) in [5, 5.41) is 13.5. The zero-order valence-electron chi connectivity index (χ0n) is 11.6. The monoisotopic (exact) mass is 296 g/mol. The van der Waals surface area contributed by atoms with Crippen molar-refractivity contribution in [1.29, 1.82) is 0 Å². The first-order valence-corrected chi connectivity index (χ1v) is 6.57. The molecule has 0 atom stereocenters. The number of piperidine rings is 1. The lowest BCUT2D eigenvalue weighted by Gasteiger charge is -2.40. The van der Waals surface area contributed by atoms with E-state index in [9.17, 15) is 19.3 Å². The average molecular weight is 296 g/mol. The molecule has 1 fully saturated rings. The second kappa shape index (κ2) is 5.65. The van der Waals surface area contributed by atoms with E-state index in [0.29, 0.717) is 31.6 Å². The summed E-state index contributed by atoms with van der Waals surface area (Å²) in [6.07, 6.45) is 0.907. The van der Waals surface area contributed by atoms with Crippen molar-refractivity contribution in [3.05, 3.63) is 34.1 Å². The van der Waals surface area contributed by atoms with Crippen LogP contribution in [0.15, 0.2) is 18.2 Å². The van der Waals surface area contributed by atoms with Gasteiger partial charge in [0.25, 0.3) is 5.69 Å². The molecule has 0 bridgehead atoms. The predicted molar refractivity (Wildman–Crippen MR) is 75.5 cm³/mol. The number of carbonyl (C=O) groups excluding carboxylic acids is 1. The maximum absolute atomic E-state index is 14.0. The van der Waals surface area contributed by atoms with E-state index >= 15 is 0 Å². The molecule has 1 aromatic carbocycles. The van der Waals surface area contributed by atoms with E-state index in [4.69, 9.17) is 5.73 Å². The topological polar surface area (TPSA) is 102 Å². The Labute approximate surface area is 121 Å². The van der Waals surface area contributed by atoms with Gasteiger partial charge in [-0.1, -0.05) is 0 Å². The van der Waals surface area contributed by atoms with Gasteiger partial charge >= 0.3 is 0 Å². The highest BCUT2D eigenvalue weighted by atomic mass is 19.1. The van der Waals surface area contributed by atoms with Crippen molar-refractivity contribution < 1.29 is 14.1 Å². The number of amides is 1. The predicted octanol–water partition coefficient (Wildman–Crippen LogP) is 0.778. The molecule has 7 nitrogen and oxygen atoms in total. The Bertz CT molecular complexity index is 571. The fourth-order valence-corrected chi connectivity index (χ4v) is 2.61. The Morgan fingerprint density at radius 2 is 2.10 bits per heavy atom. The van der Waals surface area contributed by atoms with Crippen LogP contribution >= 0.6 is 0 Å². The molecule has 1 heterocycles. The number of hydrogen-bond acceptors (Lipinski definition) is 5. The average Bonchev–Trinajstić information content (AvgIpc) is 2.47. The third kappa shape index (κ3) is 2.80. The van der Waals surface area contributed by atoms with Gasteiger partial charge in [-0.25, -0.2) is 4.39 Å². The van der Waals surface area contributed by atoms with Crippen molar-refractivity contribution in [2.75, 3.05) is 25.0 Å². The van der Waals surface area contributed by atoms with E-state index in [1.54, 1.807) is 11.9 Å². The summed E-state index contributed by atoms with van der Waals surface area (Å²) >= 11 is 0. The van der Waals surface area contributed by atoms with Crippen LogP contribution in [0.2, 0.25) is 0 Å².